The van der Waals surface area contributed by atoms with Gasteiger partial charge in [-0.1, -0.05) is 42.5 Å². The monoisotopic (exact) mass is 277 g/mol. The zero-order chi connectivity index (χ0) is 15.0. The van der Waals surface area contributed by atoms with Crippen LogP contribution in [0.25, 0.3) is 22.2 Å². The van der Waals surface area contributed by atoms with Crippen molar-refractivity contribution in [3.8, 4) is 11.3 Å². The Balaban J connectivity index is 2.38. The Morgan fingerprint density at radius 2 is 1.71 bits per heavy atom. The van der Waals surface area contributed by atoms with E-state index in [1.54, 1.807) is 12.1 Å². The second-order valence-corrected chi connectivity index (χ2v) is 5.15. The topological polar surface area (TPSA) is 50.2 Å². The minimum Gasteiger partial charge on any atom is -0.478 e. The molecule has 0 unspecified atom stereocenters. The summed E-state index contributed by atoms with van der Waals surface area (Å²) in [5, 5.41) is 10.2. The van der Waals surface area contributed by atoms with Crippen molar-refractivity contribution in [2.45, 2.75) is 13.8 Å². The molecule has 3 rings (SSSR count). The molecular weight excluding hydrogens is 262 g/mol. The number of pyridine rings is 1. The van der Waals surface area contributed by atoms with Crippen LogP contribution in [0.2, 0.25) is 0 Å². The third-order valence-electron chi connectivity index (χ3n) is 3.69. The first kappa shape index (κ1) is 13.3. The number of hydrogen-bond donors (Lipinski definition) is 1. The van der Waals surface area contributed by atoms with E-state index in [9.17, 15) is 9.90 Å². The third kappa shape index (κ3) is 2.27. The third-order valence-corrected chi connectivity index (χ3v) is 3.69. The lowest BCUT2D eigenvalue weighted by molar-refractivity contribution is 0.0699. The Hall–Kier alpha value is -2.68. The predicted molar refractivity (Wildman–Crippen MR) is 83.6 cm³/mol. The molecule has 0 fully saturated rings. The van der Waals surface area contributed by atoms with Crippen molar-refractivity contribution in [2.24, 2.45) is 0 Å². The van der Waals surface area contributed by atoms with Crippen LogP contribution in [0.1, 0.15) is 21.5 Å². The van der Waals surface area contributed by atoms with Gasteiger partial charge in [-0.3, -0.25) is 0 Å². The van der Waals surface area contributed by atoms with Crippen molar-refractivity contribution < 1.29 is 9.90 Å². The SMILES string of the molecule is Cc1ccccc1-c1cc(C(=O)O)c2cccc(C)c2n1. The van der Waals surface area contributed by atoms with Crippen LogP contribution in [0, 0.1) is 13.8 Å². The van der Waals surface area contributed by atoms with Crippen molar-refractivity contribution in [3.05, 3.63) is 65.2 Å². The van der Waals surface area contributed by atoms with Gasteiger partial charge >= 0.3 is 5.97 Å². The number of benzene rings is 2. The standard InChI is InChI=1S/C18H15NO2/c1-11-6-3-4-8-13(11)16-10-15(18(20)21)14-9-5-7-12(2)17(14)19-16/h3-10H,1-2H3,(H,20,21). The van der Waals surface area contributed by atoms with Gasteiger partial charge in [0.25, 0.3) is 0 Å². The molecule has 0 aliphatic rings. The molecule has 0 amide bonds. The van der Waals surface area contributed by atoms with E-state index in [0.29, 0.717) is 16.6 Å². The summed E-state index contributed by atoms with van der Waals surface area (Å²) in [6, 6.07) is 15.1. The fourth-order valence-electron chi connectivity index (χ4n) is 2.57. The summed E-state index contributed by atoms with van der Waals surface area (Å²) in [4.78, 5) is 16.3. The second kappa shape index (κ2) is 5.02. The first-order valence-electron chi connectivity index (χ1n) is 6.77. The fraction of sp³-hybridized carbons (Fsp3) is 0.111. The van der Waals surface area contributed by atoms with E-state index >= 15 is 0 Å². The van der Waals surface area contributed by atoms with Crippen LogP contribution in [-0.4, -0.2) is 16.1 Å². The van der Waals surface area contributed by atoms with Crippen molar-refractivity contribution in [2.75, 3.05) is 0 Å². The molecule has 0 aliphatic heterocycles. The number of aromatic carboxylic acids is 1. The Morgan fingerprint density at radius 1 is 1.00 bits per heavy atom. The maximum Gasteiger partial charge on any atom is 0.336 e. The van der Waals surface area contributed by atoms with Crippen LogP contribution >= 0.6 is 0 Å². The summed E-state index contributed by atoms with van der Waals surface area (Å²) in [5.41, 5.74) is 4.76. The average molecular weight is 277 g/mol. The lowest BCUT2D eigenvalue weighted by atomic mass is 10.00. The maximum atomic E-state index is 11.6. The smallest absolute Gasteiger partial charge is 0.336 e. The average Bonchev–Trinajstić information content (AvgIpc) is 2.47. The molecule has 0 bridgehead atoms. The largest absolute Gasteiger partial charge is 0.478 e. The van der Waals surface area contributed by atoms with Crippen molar-refractivity contribution in [3.63, 3.8) is 0 Å². The molecule has 0 atom stereocenters. The van der Waals surface area contributed by atoms with Crippen LogP contribution in [0.3, 0.4) is 0 Å². The molecular formula is C18H15NO2. The first-order valence-corrected chi connectivity index (χ1v) is 6.77. The number of fused-ring (bicyclic) bond motifs is 1. The van der Waals surface area contributed by atoms with Crippen LogP contribution in [-0.2, 0) is 0 Å². The molecule has 0 aliphatic carbocycles. The van der Waals surface area contributed by atoms with Gasteiger partial charge in [0.05, 0.1) is 16.8 Å². The number of hydrogen-bond acceptors (Lipinski definition) is 2. The normalized spacial score (nSPS) is 10.8. The molecule has 1 heterocycles. The first-order chi connectivity index (χ1) is 10.1. The molecule has 0 spiro atoms. The number of carbonyl (C=O) groups is 1. The number of para-hydroxylation sites is 1. The van der Waals surface area contributed by atoms with E-state index in [4.69, 9.17) is 0 Å². The van der Waals surface area contributed by atoms with E-state index in [-0.39, 0.29) is 0 Å². The molecule has 21 heavy (non-hydrogen) atoms. The van der Waals surface area contributed by atoms with E-state index < -0.39 is 5.97 Å². The highest BCUT2D eigenvalue weighted by Crippen LogP contribution is 2.28. The summed E-state index contributed by atoms with van der Waals surface area (Å²) >= 11 is 0. The number of aromatic nitrogens is 1. The molecule has 3 heteroatoms. The van der Waals surface area contributed by atoms with Gasteiger partial charge in [0.15, 0.2) is 0 Å². The Bertz CT molecular complexity index is 853. The molecule has 104 valence electrons. The summed E-state index contributed by atoms with van der Waals surface area (Å²) in [5.74, 6) is -0.928. The van der Waals surface area contributed by atoms with Gasteiger partial charge in [-0.2, -0.15) is 0 Å². The molecule has 3 nitrogen and oxygen atoms in total. The minimum absolute atomic E-state index is 0.293. The minimum atomic E-state index is -0.928. The molecule has 1 N–H and O–H groups in total. The van der Waals surface area contributed by atoms with Crippen molar-refractivity contribution in [1.82, 2.24) is 4.98 Å². The van der Waals surface area contributed by atoms with Gasteiger partial charge in [0.2, 0.25) is 0 Å². The lowest BCUT2D eigenvalue weighted by Crippen LogP contribution is -2.01. The highest BCUT2D eigenvalue weighted by Gasteiger charge is 2.14. The zero-order valence-electron chi connectivity index (χ0n) is 11.9. The second-order valence-electron chi connectivity index (χ2n) is 5.15. The number of nitrogens with zero attached hydrogens (tertiary/aromatic N) is 1. The molecule has 0 saturated carbocycles. The fourth-order valence-corrected chi connectivity index (χ4v) is 2.57. The van der Waals surface area contributed by atoms with Gasteiger partial charge in [-0.05, 0) is 31.0 Å². The number of carboxylic acid groups (broad SMARTS) is 1. The zero-order valence-corrected chi connectivity index (χ0v) is 11.9. The molecule has 0 saturated heterocycles. The highest BCUT2D eigenvalue weighted by molar-refractivity contribution is 6.04. The highest BCUT2D eigenvalue weighted by atomic mass is 16.4. The van der Waals surface area contributed by atoms with Gasteiger partial charge in [0.1, 0.15) is 0 Å². The molecule has 0 radical (unpaired) electrons. The van der Waals surface area contributed by atoms with E-state index in [1.807, 2.05) is 50.2 Å². The van der Waals surface area contributed by atoms with Crippen LogP contribution in [0.15, 0.2) is 48.5 Å². The molecule has 2 aromatic carbocycles. The van der Waals surface area contributed by atoms with Crippen LogP contribution < -0.4 is 0 Å². The maximum absolute atomic E-state index is 11.6. The lowest BCUT2D eigenvalue weighted by Gasteiger charge is -2.10. The quantitative estimate of drug-likeness (QED) is 0.763. The van der Waals surface area contributed by atoms with E-state index in [2.05, 4.69) is 4.98 Å². The number of rotatable bonds is 2. The van der Waals surface area contributed by atoms with Crippen LogP contribution in [0.4, 0.5) is 0 Å². The summed E-state index contributed by atoms with van der Waals surface area (Å²) in [6.45, 7) is 3.95. The Morgan fingerprint density at radius 3 is 2.43 bits per heavy atom. The van der Waals surface area contributed by atoms with Gasteiger partial charge in [0, 0.05) is 10.9 Å². The summed E-state index contributed by atoms with van der Waals surface area (Å²) in [6.07, 6.45) is 0. The van der Waals surface area contributed by atoms with E-state index in [0.717, 1.165) is 22.2 Å². The summed E-state index contributed by atoms with van der Waals surface area (Å²) < 4.78 is 0. The van der Waals surface area contributed by atoms with Gasteiger partial charge in [-0.25, -0.2) is 9.78 Å². The Labute approximate surface area is 122 Å². The number of aryl methyl sites for hydroxylation is 2. The molecule has 1 aromatic heterocycles. The number of carboxylic acids is 1. The van der Waals surface area contributed by atoms with E-state index in [1.165, 1.54) is 0 Å². The predicted octanol–water partition coefficient (Wildman–Crippen LogP) is 4.22. The Kier molecular flexibility index (Phi) is 3.18. The van der Waals surface area contributed by atoms with Gasteiger partial charge in [-0.15, -0.1) is 0 Å². The van der Waals surface area contributed by atoms with Gasteiger partial charge < -0.3 is 5.11 Å². The van der Waals surface area contributed by atoms with Crippen molar-refractivity contribution in [1.29, 1.82) is 0 Å². The van der Waals surface area contributed by atoms with Crippen LogP contribution in [0.5, 0.6) is 0 Å². The molecule has 3 aromatic rings. The van der Waals surface area contributed by atoms with Crippen molar-refractivity contribution >= 4 is 16.9 Å². The summed E-state index contributed by atoms with van der Waals surface area (Å²) in [7, 11) is 0.